The first kappa shape index (κ1) is 30.5. The summed E-state index contributed by atoms with van der Waals surface area (Å²) in [7, 11) is 0. The molecule has 1 N–H and O–H groups in total. The molecule has 3 aromatic rings. The molecular formula is C35H38N2O8. The molecule has 2 fully saturated rings. The van der Waals surface area contributed by atoms with Crippen molar-refractivity contribution >= 4 is 17.4 Å². The molecule has 3 aromatic carbocycles. The Labute approximate surface area is 262 Å². The molecule has 3 heterocycles. The van der Waals surface area contributed by atoms with E-state index in [2.05, 4.69) is 4.90 Å². The van der Waals surface area contributed by atoms with Crippen molar-refractivity contribution in [2.45, 2.75) is 26.0 Å². The quantitative estimate of drug-likeness (QED) is 0.189. The van der Waals surface area contributed by atoms with E-state index < -0.39 is 17.7 Å². The van der Waals surface area contributed by atoms with Gasteiger partial charge in [0.05, 0.1) is 31.4 Å². The second-order valence-electron chi connectivity index (χ2n) is 11.1. The minimum Gasteiger partial charge on any atom is -0.507 e. The van der Waals surface area contributed by atoms with Crippen LogP contribution in [0.2, 0.25) is 0 Å². The topological polar surface area (TPSA) is 107 Å². The van der Waals surface area contributed by atoms with E-state index in [1.807, 2.05) is 43.3 Å². The highest BCUT2D eigenvalue weighted by Gasteiger charge is 2.46. The van der Waals surface area contributed by atoms with Crippen LogP contribution in [0.3, 0.4) is 0 Å². The first-order chi connectivity index (χ1) is 22.0. The fourth-order valence-corrected chi connectivity index (χ4v) is 5.91. The Hall–Kier alpha value is -4.54. The molecule has 2 saturated heterocycles. The van der Waals surface area contributed by atoms with Crippen LogP contribution >= 0.6 is 0 Å². The molecule has 236 valence electrons. The van der Waals surface area contributed by atoms with E-state index in [1.165, 1.54) is 0 Å². The second kappa shape index (κ2) is 14.0. The average Bonchev–Trinajstić information content (AvgIpc) is 3.33. The van der Waals surface area contributed by atoms with Crippen molar-refractivity contribution in [1.82, 2.24) is 9.80 Å². The summed E-state index contributed by atoms with van der Waals surface area (Å²) in [4.78, 5) is 31.1. The number of Topliss-reactive ketones (excluding diaryl/α,β-unsaturated/α-hetero) is 1. The van der Waals surface area contributed by atoms with E-state index in [0.29, 0.717) is 86.7 Å². The third-order valence-corrected chi connectivity index (χ3v) is 8.15. The average molecular weight is 615 g/mol. The maximum atomic E-state index is 13.7. The van der Waals surface area contributed by atoms with Crippen molar-refractivity contribution in [2.75, 3.05) is 59.2 Å². The normalized spacial score (nSPS) is 19.5. The van der Waals surface area contributed by atoms with Crippen molar-refractivity contribution in [3.8, 4) is 23.0 Å². The van der Waals surface area contributed by atoms with E-state index in [1.54, 1.807) is 35.2 Å². The van der Waals surface area contributed by atoms with Gasteiger partial charge in [-0.3, -0.25) is 14.5 Å². The molecule has 10 nitrogen and oxygen atoms in total. The number of morpholine rings is 1. The molecule has 10 heteroatoms. The number of rotatable bonds is 11. The fourth-order valence-electron chi connectivity index (χ4n) is 5.91. The van der Waals surface area contributed by atoms with Gasteiger partial charge in [-0.2, -0.15) is 0 Å². The third-order valence-electron chi connectivity index (χ3n) is 8.15. The molecule has 3 aliphatic rings. The molecule has 6 rings (SSSR count). The van der Waals surface area contributed by atoms with Crippen LogP contribution in [0.25, 0.3) is 5.76 Å². The van der Waals surface area contributed by atoms with E-state index in [0.717, 1.165) is 25.2 Å². The number of aliphatic hydroxyl groups is 1. The number of benzene rings is 3. The number of carbonyl (C=O) groups is 2. The molecule has 0 unspecified atom stereocenters. The minimum absolute atomic E-state index is 0.0171. The lowest BCUT2D eigenvalue weighted by atomic mass is 9.94. The molecule has 3 aliphatic heterocycles. The first-order valence-electron chi connectivity index (χ1n) is 15.5. The van der Waals surface area contributed by atoms with E-state index in [9.17, 15) is 14.7 Å². The molecule has 0 radical (unpaired) electrons. The maximum Gasteiger partial charge on any atom is 0.295 e. The molecule has 0 spiro atoms. The fraction of sp³-hybridized carbons (Fsp3) is 0.371. The van der Waals surface area contributed by atoms with Crippen LogP contribution in [0.4, 0.5) is 0 Å². The number of aliphatic hydroxyl groups excluding tert-OH is 1. The smallest absolute Gasteiger partial charge is 0.295 e. The largest absolute Gasteiger partial charge is 0.507 e. The number of hydrogen-bond donors (Lipinski definition) is 1. The molecule has 0 aliphatic carbocycles. The number of ether oxygens (including phenoxy) is 5. The van der Waals surface area contributed by atoms with Crippen LogP contribution in [0.5, 0.6) is 23.0 Å². The number of ketones is 1. The summed E-state index contributed by atoms with van der Waals surface area (Å²) in [5.74, 6) is 0.410. The van der Waals surface area contributed by atoms with Gasteiger partial charge in [0.25, 0.3) is 11.7 Å². The molecule has 0 aromatic heterocycles. The van der Waals surface area contributed by atoms with Gasteiger partial charge >= 0.3 is 0 Å². The first-order valence-corrected chi connectivity index (χ1v) is 15.5. The van der Waals surface area contributed by atoms with E-state index in [-0.39, 0.29) is 11.3 Å². The number of fused-ring (bicyclic) bond motifs is 1. The van der Waals surface area contributed by atoms with Gasteiger partial charge in [0.2, 0.25) is 0 Å². The van der Waals surface area contributed by atoms with E-state index >= 15 is 0 Å². The third kappa shape index (κ3) is 6.77. The van der Waals surface area contributed by atoms with Crippen molar-refractivity contribution in [3.05, 3.63) is 89.0 Å². The van der Waals surface area contributed by atoms with Crippen LogP contribution in [0.15, 0.2) is 72.3 Å². The van der Waals surface area contributed by atoms with Crippen LogP contribution in [-0.2, 0) is 20.9 Å². The molecule has 45 heavy (non-hydrogen) atoms. The van der Waals surface area contributed by atoms with Crippen LogP contribution in [0, 0.1) is 0 Å². The SMILES string of the molecule is CCOc1cc([C@@H]2/C(=C(\O)c3ccc4c(c3)OCCO4)C(=O)C(=O)N2CCCN2CCOCC2)ccc1OCc1ccccc1. The standard InChI is InChI=1S/C35H38N2O8/c1-2-42-29-21-25(9-11-28(29)45-23-24-7-4-3-5-8-24)32-31(33(38)26-10-12-27-30(22-26)44-20-19-43-27)34(39)35(40)37(32)14-6-13-36-15-17-41-18-16-36/h3-5,7-12,21-22,32,38H,2,6,13-20,23H2,1H3/b33-31+/t32-/m1/s1. The zero-order valence-electron chi connectivity index (χ0n) is 25.4. The summed E-state index contributed by atoms with van der Waals surface area (Å²) in [6.45, 7) is 7.55. The Kier molecular flexibility index (Phi) is 9.52. The number of likely N-dealkylation sites (tertiary alicyclic amines) is 1. The Morgan fingerprint density at radius 2 is 1.64 bits per heavy atom. The van der Waals surface area contributed by atoms with Gasteiger partial charge in [-0.1, -0.05) is 36.4 Å². The number of carbonyl (C=O) groups excluding carboxylic acids is 2. The monoisotopic (exact) mass is 614 g/mol. The number of hydrogen-bond acceptors (Lipinski definition) is 9. The number of amides is 1. The summed E-state index contributed by atoms with van der Waals surface area (Å²) < 4.78 is 28.9. The second-order valence-corrected chi connectivity index (χ2v) is 11.1. The highest BCUT2D eigenvalue weighted by molar-refractivity contribution is 6.46. The minimum atomic E-state index is -0.828. The van der Waals surface area contributed by atoms with Gasteiger partial charge in [-0.15, -0.1) is 0 Å². The Morgan fingerprint density at radius 3 is 2.42 bits per heavy atom. The predicted octanol–water partition coefficient (Wildman–Crippen LogP) is 4.58. The van der Waals surface area contributed by atoms with Crippen molar-refractivity contribution < 1.29 is 38.4 Å². The maximum absolute atomic E-state index is 13.7. The Morgan fingerprint density at radius 1 is 0.867 bits per heavy atom. The Balaban J connectivity index is 1.35. The number of nitrogens with zero attached hydrogens (tertiary/aromatic N) is 2. The van der Waals surface area contributed by atoms with Crippen molar-refractivity contribution in [3.63, 3.8) is 0 Å². The highest BCUT2D eigenvalue weighted by atomic mass is 16.6. The molecule has 0 bridgehead atoms. The van der Waals surface area contributed by atoms with Gasteiger partial charge in [0.15, 0.2) is 23.0 Å². The zero-order valence-corrected chi connectivity index (χ0v) is 25.4. The predicted molar refractivity (Wildman–Crippen MR) is 167 cm³/mol. The van der Waals surface area contributed by atoms with Gasteiger partial charge in [0.1, 0.15) is 25.6 Å². The lowest BCUT2D eigenvalue weighted by Gasteiger charge is -2.29. The van der Waals surface area contributed by atoms with Gasteiger partial charge in [0, 0.05) is 31.7 Å². The van der Waals surface area contributed by atoms with Crippen LogP contribution in [-0.4, -0.2) is 85.8 Å². The lowest BCUT2D eigenvalue weighted by Crippen LogP contribution is -2.39. The molecule has 1 atom stereocenters. The van der Waals surface area contributed by atoms with Crippen LogP contribution in [0.1, 0.15) is 36.1 Å². The zero-order chi connectivity index (χ0) is 31.2. The highest BCUT2D eigenvalue weighted by Crippen LogP contribution is 2.43. The lowest BCUT2D eigenvalue weighted by molar-refractivity contribution is -0.140. The van der Waals surface area contributed by atoms with E-state index in [4.69, 9.17) is 23.7 Å². The summed E-state index contributed by atoms with van der Waals surface area (Å²) in [5, 5.41) is 11.6. The Bertz CT molecular complexity index is 1550. The van der Waals surface area contributed by atoms with Gasteiger partial charge in [-0.05, 0) is 54.8 Å². The van der Waals surface area contributed by atoms with Crippen LogP contribution < -0.4 is 18.9 Å². The van der Waals surface area contributed by atoms with Crippen molar-refractivity contribution in [2.24, 2.45) is 0 Å². The summed E-state index contributed by atoms with van der Waals surface area (Å²) in [6, 6.07) is 19.4. The summed E-state index contributed by atoms with van der Waals surface area (Å²) in [5.41, 5.74) is 2.03. The molecular weight excluding hydrogens is 576 g/mol. The van der Waals surface area contributed by atoms with Gasteiger partial charge in [-0.25, -0.2) is 0 Å². The molecule has 0 saturated carbocycles. The summed E-state index contributed by atoms with van der Waals surface area (Å²) >= 11 is 0. The van der Waals surface area contributed by atoms with Crippen molar-refractivity contribution in [1.29, 1.82) is 0 Å². The summed E-state index contributed by atoms with van der Waals surface area (Å²) in [6.07, 6.45) is 0.657. The van der Waals surface area contributed by atoms with Gasteiger partial charge < -0.3 is 33.7 Å². The molecule has 1 amide bonds.